The third-order valence-corrected chi connectivity index (χ3v) is 19.2. The quantitative estimate of drug-likeness (QED) is 0.0697. The molecule has 0 amide bonds. The van der Waals surface area contributed by atoms with Crippen LogP contribution in [-0.4, -0.2) is 0 Å². The van der Waals surface area contributed by atoms with Gasteiger partial charge in [0.25, 0.3) is 0 Å². The SMILES string of the molecule is Fc1c(F)c(C(F)(F)F)c(F)c(F)c1-c1c2ccccc2c(-c2c(F)c(F)c(C(F)(F)F)c(F)c2F)c2ccccc12.Fc1c(F)c(C(F)(F)F)c(F)c(F)c1-c1c2ccccc2cc2ccccc12.Fc1c(F)c(F)c(-c2c3ccccc3cc3ccccc23)c(F)c1F.Fc1ccccc1-c1c2ccccc2cc2ccccc12. The van der Waals surface area contributed by atoms with Crippen molar-refractivity contribution in [2.24, 2.45) is 0 Å². The lowest BCUT2D eigenvalue weighted by Crippen LogP contribution is -2.16. The average Bonchev–Trinajstić information content (AvgIpc) is 0.715. The summed E-state index contributed by atoms with van der Waals surface area (Å²) in [5.74, 6) is -40.2. The molecule has 0 aliphatic heterocycles. The summed E-state index contributed by atoms with van der Waals surface area (Å²) in [6.07, 6.45) is -17.3. The van der Waals surface area contributed by atoms with Gasteiger partial charge in [-0.1, -0.05) is 212 Å². The van der Waals surface area contributed by atoms with Crippen LogP contribution in [-0.2, 0) is 18.5 Å². The van der Waals surface area contributed by atoms with Crippen molar-refractivity contribution in [2.45, 2.75) is 18.5 Å². The minimum Gasteiger partial charge on any atom is -0.206 e. The summed E-state index contributed by atoms with van der Waals surface area (Å²) >= 11 is 0. The molecular formula is C89H39F27. The smallest absolute Gasteiger partial charge is 0.206 e. The number of benzene rings is 17. The third-order valence-electron chi connectivity index (χ3n) is 19.2. The molecule has 17 aromatic rings. The highest BCUT2D eigenvalue weighted by Gasteiger charge is 2.46. The van der Waals surface area contributed by atoms with Crippen LogP contribution < -0.4 is 0 Å². The molecule has 116 heavy (non-hydrogen) atoms. The zero-order valence-electron chi connectivity index (χ0n) is 57.7. The summed E-state index contributed by atoms with van der Waals surface area (Å²) in [5, 5.41) is 5.83. The Morgan fingerprint density at radius 3 is 0.526 bits per heavy atom. The van der Waals surface area contributed by atoms with E-state index in [0.29, 0.717) is 37.9 Å². The molecule has 0 aliphatic carbocycles. The number of alkyl halides is 9. The van der Waals surface area contributed by atoms with Crippen LogP contribution in [0.1, 0.15) is 16.7 Å². The van der Waals surface area contributed by atoms with E-state index in [1.165, 1.54) is 18.2 Å². The molecule has 0 unspecified atom stereocenters. The van der Waals surface area contributed by atoms with Gasteiger partial charge in [-0.15, -0.1) is 0 Å². The second-order valence-corrected chi connectivity index (χ2v) is 25.9. The van der Waals surface area contributed by atoms with E-state index in [9.17, 15) is 101 Å². The predicted molar refractivity (Wildman–Crippen MR) is 387 cm³/mol. The maximum absolute atomic E-state index is 15.2. The van der Waals surface area contributed by atoms with E-state index in [4.69, 9.17) is 0 Å². The molecule has 0 radical (unpaired) electrons. The number of fused-ring (bicyclic) bond motifs is 8. The van der Waals surface area contributed by atoms with Gasteiger partial charge in [-0.05, 0) is 110 Å². The van der Waals surface area contributed by atoms with Crippen LogP contribution in [0.3, 0.4) is 0 Å². The van der Waals surface area contributed by atoms with E-state index in [2.05, 4.69) is 30.3 Å². The van der Waals surface area contributed by atoms with Crippen molar-refractivity contribution in [3.63, 3.8) is 0 Å². The highest BCUT2D eigenvalue weighted by atomic mass is 19.4. The summed E-state index contributed by atoms with van der Waals surface area (Å²) in [4.78, 5) is 0. The van der Waals surface area contributed by atoms with Crippen molar-refractivity contribution in [2.75, 3.05) is 0 Å². The lowest BCUT2D eigenvalue weighted by Gasteiger charge is -2.21. The van der Waals surface area contributed by atoms with Crippen LogP contribution in [0.5, 0.6) is 0 Å². The summed E-state index contributed by atoms with van der Waals surface area (Å²) in [6.45, 7) is 0. The van der Waals surface area contributed by atoms with Gasteiger partial charge in [-0.3, -0.25) is 0 Å². The fraction of sp³-hybridized carbons (Fsp3) is 0.0337. The van der Waals surface area contributed by atoms with Crippen LogP contribution in [0.4, 0.5) is 119 Å². The van der Waals surface area contributed by atoms with Gasteiger partial charge in [0, 0.05) is 33.4 Å². The lowest BCUT2D eigenvalue weighted by molar-refractivity contribution is -0.144. The van der Waals surface area contributed by atoms with Gasteiger partial charge < -0.3 is 0 Å². The minimum absolute atomic E-state index is 0.0125. The number of halogens is 27. The third kappa shape index (κ3) is 13.6. The van der Waals surface area contributed by atoms with Crippen LogP contribution in [0.15, 0.2) is 237 Å². The summed E-state index contributed by atoms with van der Waals surface area (Å²) in [5.41, 5.74) is -14.0. The van der Waals surface area contributed by atoms with Gasteiger partial charge in [-0.25, -0.2) is 79.0 Å². The van der Waals surface area contributed by atoms with E-state index >= 15 is 17.6 Å². The fourth-order valence-electron chi connectivity index (χ4n) is 14.3. The first kappa shape index (κ1) is 79.6. The van der Waals surface area contributed by atoms with Gasteiger partial charge in [-0.2, -0.15) is 39.5 Å². The van der Waals surface area contributed by atoms with E-state index in [1.54, 1.807) is 103 Å². The molecule has 17 rings (SSSR count). The molecule has 0 saturated heterocycles. The number of hydrogen-bond donors (Lipinski definition) is 0. The van der Waals surface area contributed by atoms with E-state index in [-0.39, 0.29) is 27.7 Å². The Bertz CT molecular complexity index is 6420. The van der Waals surface area contributed by atoms with E-state index < -0.39 is 189 Å². The molecule has 27 heteroatoms. The number of hydrogen-bond acceptors (Lipinski definition) is 0. The van der Waals surface area contributed by atoms with Gasteiger partial charge >= 0.3 is 18.5 Å². The Balaban J connectivity index is 0.000000132. The fourth-order valence-corrected chi connectivity index (χ4v) is 14.3. The first-order valence-corrected chi connectivity index (χ1v) is 33.8. The first-order chi connectivity index (χ1) is 55.1. The molecule has 0 bridgehead atoms. The molecule has 0 aromatic heterocycles. The summed E-state index contributed by atoms with van der Waals surface area (Å²) in [6, 6.07) is 63.2. The molecule has 0 fully saturated rings. The molecule has 0 nitrogen and oxygen atoms in total. The second kappa shape index (κ2) is 30.4. The second-order valence-electron chi connectivity index (χ2n) is 25.9. The van der Waals surface area contributed by atoms with Crippen molar-refractivity contribution >= 4 is 86.2 Å². The maximum Gasteiger partial charge on any atom is 0.422 e. The predicted octanol–water partition coefficient (Wildman–Crippen LogP) is 29.9. The standard InChI is InChI=1S/C28H8F14.C21H9F7.C20H9F5.C20H13F/c29-19-15(20(30)24(34)17(23(19)33)27(37,38)39)13-9-5-1-2-6-10(9)14(12-8-4-3-7-11(12)13)16-21(31)25(35)18(28(40,41)42)26(36)22(16)32;22-17-15(18(23)20(25)16(19(17)24)21(26,27)28)14-12-7-3-1-5-10(12)9-11-6-2-4-8-13(11)14;21-16-15(17(22)19(24)20(25)18(16)23)14-12-7-3-1-5-10(12)9-11-6-2-4-8-13(11)14;21-19-12-6-5-11-18(19)20-16-9-3-1-7-14(16)13-15-8-2-4-10-17(15)20/h1-8H;1-9H;1-9H;1-13H. The number of rotatable bonds is 5. The van der Waals surface area contributed by atoms with Crippen LogP contribution in [0.25, 0.3) is 142 Å². The molecule has 0 aliphatic rings. The van der Waals surface area contributed by atoms with E-state index in [0.717, 1.165) is 75.6 Å². The van der Waals surface area contributed by atoms with Crippen molar-refractivity contribution < 1.29 is 119 Å². The average molecular weight is 1620 g/mol. The topological polar surface area (TPSA) is 0 Å². The molecule has 17 aromatic carbocycles. The van der Waals surface area contributed by atoms with E-state index in [1.807, 2.05) is 36.4 Å². The van der Waals surface area contributed by atoms with Crippen molar-refractivity contribution in [3.05, 3.63) is 358 Å². The Hall–Kier alpha value is -13.1. The summed E-state index contributed by atoms with van der Waals surface area (Å²) in [7, 11) is 0. The molecule has 0 heterocycles. The molecular weight excluding hydrogens is 1580 g/mol. The Morgan fingerprint density at radius 1 is 0.147 bits per heavy atom. The Kier molecular flexibility index (Phi) is 20.8. The van der Waals surface area contributed by atoms with Crippen molar-refractivity contribution in [1.29, 1.82) is 0 Å². The van der Waals surface area contributed by atoms with Crippen molar-refractivity contribution in [3.8, 4) is 55.6 Å². The minimum atomic E-state index is -5.87. The van der Waals surface area contributed by atoms with Crippen LogP contribution >= 0.6 is 0 Å². The van der Waals surface area contributed by atoms with Crippen LogP contribution in [0.2, 0.25) is 0 Å². The zero-order valence-corrected chi connectivity index (χ0v) is 57.7. The molecule has 0 N–H and O–H groups in total. The summed E-state index contributed by atoms with van der Waals surface area (Å²) < 4.78 is 379. The first-order valence-electron chi connectivity index (χ1n) is 33.8. The zero-order chi connectivity index (χ0) is 83.2. The Morgan fingerprint density at radius 2 is 0.310 bits per heavy atom. The molecule has 584 valence electrons. The van der Waals surface area contributed by atoms with Gasteiger partial charge in [0.15, 0.2) is 93.1 Å². The van der Waals surface area contributed by atoms with Gasteiger partial charge in [0.2, 0.25) is 5.82 Å². The van der Waals surface area contributed by atoms with Gasteiger partial charge in [0.1, 0.15) is 22.5 Å². The monoisotopic (exact) mass is 1620 g/mol. The highest BCUT2D eigenvalue weighted by Crippen LogP contribution is 2.52. The Labute approximate surface area is 634 Å². The van der Waals surface area contributed by atoms with Crippen LogP contribution in [0, 0.1) is 105 Å². The normalized spacial score (nSPS) is 11.9. The van der Waals surface area contributed by atoms with Gasteiger partial charge in [0.05, 0.1) is 22.3 Å². The highest BCUT2D eigenvalue weighted by molar-refractivity contribution is 6.22. The maximum atomic E-state index is 15.2. The largest absolute Gasteiger partial charge is 0.422 e. The van der Waals surface area contributed by atoms with Crippen molar-refractivity contribution in [1.82, 2.24) is 0 Å². The molecule has 0 spiro atoms. The lowest BCUT2D eigenvalue weighted by atomic mass is 9.84. The molecule has 0 atom stereocenters. The molecule has 0 saturated carbocycles.